The molecule has 0 radical (unpaired) electrons. The minimum atomic E-state index is -0.997. The first-order valence-corrected chi connectivity index (χ1v) is 17.3. The van der Waals surface area contributed by atoms with Crippen LogP contribution >= 0.6 is 0 Å². The lowest BCUT2D eigenvalue weighted by Gasteiger charge is -2.41. The molecule has 3 aliphatic heterocycles. The third-order valence-corrected chi connectivity index (χ3v) is 10.5. The lowest BCUT2D eigenvalue weighted by molar-refractivity contribution is -0.131. The zero-order valence-corrected chi connectivity index (χ0v) is 28.4. The first-order chi connectivity index (χ1) is 25.2. The largest absolute Gasteiger partial charge is 0.461 e. The van der Waals surface area contributed by atoms with Crippen molar-refractivity contribution in [3.8, 4) is 23.3 Å². The van der Waals surface area contributed by atoms with E-state index in [2.05, 4.69) is 36.1 Å². The molecule has 3 atom stereocenters. The summed E-state index contributed by atoms with van der Waals surface area (Å²) in [7, 11) is 0. The summed E-state index contributed by atoms with van der Waals surface area (Å²) in [6.07, 6.45) is 6.75. The normalized spacial score (nSPS) is 22.2. The van der Waals surface area contributed by atoms with Crippen LogP contribution in [0.2, 0.25) is 0 Å². The van der Waals surface area contributed by atoms with Crippen LogP contribution < -0.4 is 9.64 Å². The summed E-state index contributed by atoms with van der Waals surface area (Å²) in [4.78, 5) is 36.5. The Morgan fingerprint density at radius 2 is 2.06 bits per heavy atom. The van der Waals surface area contributed by atoms with Crippen molar-refractivity contribution in [2.45, 2.75) is 50.4 Å². The van der Waals surface area contributed by atoms with E-state index in [9.17, 15) is 14.4 Å². The summed E-state index contributed by atoms with van der Waals surface area (Å²) in [5.41, 5.74) is 1.93. The third-order valence-electron chi connectivity index (χ3n) is 10.5. The van der Waals surface area contributed by atoms with Gasteiger partial charge >= 0.3 is 6.01 Å². The van der Waals surface area contributed by atoms with Gasteiger partial charge in [-0.25, -0.2) is 13.2 Å². The molecule has 15 heteroatoms. The maximum Gasteiger partial charge on any atom is 0.319 e. The fraction of sp³-hybridized carbons (Fsp3) is 0.378. The van der Waals surface area contributed by atoms with Gasteiger partial charge in [0.2, 0.25) is 0 Å². The molecular formula is C37H35F3N10O2. The molecule has 12 nitrogen and oxygen atoms in total. The van der Waals surface area contributed by atoms with Crippen LogP contribution in [0, 0.1) is 24.1 Å². The molecule has 8 rings (SSSR count). The first kappa shape index (κ1) is 33.5. The van der Waals surface area contributed by atoms with Crippen molar-refractivity contribution in [2.24, 2.45) is 0 Å². The minimum Gasteiger partial charge on any atom is -0.461 e. The van der Waals surface area contributed by atoms with Crippen molar-refractivity contribution < 1.29 is 22.7 Å². The van der Waals surface area contributed by atoms with E-state index in [0.717, 1.165) is 41.9 Å². The Hall–Kier alpha value is -5.62. The Balaban J connectivity index is 1.16. The lowest BCUT2D eigenvalue weighted by Crippen LogP contribution is -2.55. The van der Waals surface area contributed by atoms with Gasteiger partial charge in [0.05, 0.1) is 46.9 Å². The molecule has 1 N–H and O–H groups in total. The number of amides is 1. The van der Waals surface area contributed by atoms with Gasteiger partial charge in [-0.1, -0.05) is 6.07 Å². The Morgan fingerprint density at radius 1 is 1.17 bits per heavy atom. The number of aromatic nitrogens is 6. The number of carbonyl (C=O) groups is 1. The summed E-state index contributed by atoms with van der Waals surface area (Å²) in [6.45, 7) is 3.47. The van der Waals surface area contributed by atoms with Gasteiger partial charge in [-0.3, -0.25) is 24.8 Å². The molecule has 266 valence electrons. The van der Waals surface area contributed by atoms with Crippen LogP contribution in [-0.4, -0.2) is 103 Å². The molecule has 0 aliphatic carbocycles. The standard InChI is InChI=1S/C37H35F3N10O2/c1-22-13-23-17-44-47-30(23)15-27(22)32-31(40)33-28(18-43-32)34(46-36(45-33)52-21-37-7-4-10-49(37)19-24(38)16-37)48-11-12-50(26(20-48)6-8-41)35(51)29(39)14-25-5-2-3-9-42-25/h2-3,5,9,13-15,17-18,24,26H,4,6-7,10-12,16,19-21H2,1H3,(H,44,47)/b29-14-/t24-,26+,37+/m1/s1. The number of fused-ring (bicyclic) bond motifs is 3. The maximum atomic E-state index is 16.8. The molecule has 0 unspecified atom stereocenters. The molecule has 0 bridgehead atoms. The number of ether oxygens (including phenoxy) is 1. The zero-order chi connectivity index (χ0) is 36.0. The molecule has 4 aromatic heterocycles. The number of H-pyrrole nitrogens is 1. The molecule has 3 saturated heterocycles. The van der Waals surface area contributed by atoms with E-state index in [0.29, 0.717) is 29.7 Å². The van der Waals surface area contributed by atoms with Crippen LogP contribution in [0.5, 0.6) is 6.01 Å². The van der Waals surface area contributed by atoms with Crippen molar-refractivity contribution >= 4 is 39.6 Å². The summed E-state index contributed by atoms with van der Waals surface area (Å²) < 4.78 is 52.8. The van der Waals surface area contributed by atoms with Crippen LogP contribution in [0.1, 0.15) is 36.9 Å². The molecule has 0 saturated carbocycles. The van der Waals surface area contributed by atoms with E-state index < -0.39 is 35.3 Å². The Morgan fingerprint density at radius 3 is 2.88 bits per heavy atom. The van der Waals surface area contributed by atoms with E-state index in [4.69, 9.17) is 9.72 Å². The van der Waals surface area contributed by atoms with Crippen LogP contribution in [-0.2, 0) is 4.79 Å². The highest BCUT2D eigenvalue weighted by Crippen LogP contribution is 2.41. The Kier molecular flexibility index (Phi) is 8.70. The van der Waals surface area contributed by atoms with E-state index in [1.165, 1.54) is 17.3 Å². The number of benzene rings is 1. The highest BCUT2D eigenvalue weighted by atomic mass is 19.1. The number of pyridine rings is 2. The van der Waals surface area contributed by atoms with Gasteiger partial charge in [-0.15, -0.1) is 0 Å². The molecule has 7 heterocycles. The molecule has 52 heavy (non-hydrogen) atoms. The van der Waals surface area contributed by atoms with Crippen molar-refractivity contribution in [3.05, 3.63) is 71.8 Å². The van der Waals surface area contributed by atoms with Gasteiger partial charge < -0.3 is 14.5 Å². The third kappa shape index (κ3) is 6.06. The van der Waals surface area contributed by atoms with Crippen LogP contribution in [0.3, 0.4) is 0 Å². The number of nitrogens with one attached hydrogen (secondary N) is 1. The number of aromatic amines is 1. The quantitative estimate of drug-likeness (QED) is 0.211. The predicted octanol–water partition coefficient (Wildman–Crippen LogP) is 5.31. The van der Waals surface area contributed by atoms with Crippen molar-refractivity contribution in [1.29, 1.82) is 5.26 Å². The monoisotopic (exact) mass is 708 g/mol. The predicted molar refractivity (Wildman–Crippen MR) is 187 cm³/mol. The number of piperazine rings is 1. The van der Waals surface area contributed by atoms with Crippen LogP contribution in [0.4, 0.5) is 19.0 Å². The highest BCUT2D eigenvalue weighted by Gasteiger charge is 2.49. The number of nitrogens with zero attached hydrogens (tertiary/aromatic N) is 9. The number of hydrogen-bond donors (Lipinski definition) is 1. The Labute approximate surface area is 296 Å². The second-order valence-electron chi connectivity index (χ2n) is 13.7. The molecule has 3 aliphatic rings. The minimum absolute atomic E-state index is 0.0237. The number of nitriles is 1. The smallest absolute Gasteiger partial charge is 0.319 e. The highest BCUT2D eigenvalue weighted by molar-refractivity contribution is 5.96. The number of rotatable bonds is 8. The van der Waals surface area contributed by atoms with Gasteiger partial charge in [0, 0.05) is 62.0 Å². The van der Waals surface area contributed by atoms with Crippen molar-refractivity contribution in [2.75, 3.05) is 44.2 Å². The number of aryl methyl sites for hydroxylation is 1. The lowest BCUT2D eigenvalue weighted by atomic mass is 9.95. The van der Waals surface area contributed by atoms with Gasteiger partial charge in [0.25, 0.3) is 5.91 Å². The van der Waals surface area contributed by atoms with E-state index in [-0.39, 0.29) is 55.6 Å². The SMILES string of the molecule is Cc1cc2cn[nH]c2cc1-c1ncc2c(N3CCN(C(=O)/C(F)=C/c4ccccn4)[C@@H](CC#N)C3)nc(OC[C@@]34CCCN3C[C@H](F)C4)nc2c1F. The van der Waals surface area contributed by atoms with Crippen molar-refractivity contribution in [1.82, 2.24) is 39.9 Å². The van der Waals surface area contributed by atoms with Gasteiger partial charge in [0.1, 0.15) is 29.8 Å². The number of anilines is 1. The van der Waals surface area contributed by atoms with E-state index in [1.54, 1.807) is 30.5 Å². The average Bonchev–Trinajstić information content (AvgIpc) is 3.84. The fourth-order valence-electron chi connectivity index (χ4n) is 7.91. The van der Waals surface area contributed by atoms with E-state index in [1.807, 2.05) is 17.9 Å². The number of alkyl halides is 1. The number of hydrogen-bond acceptors (Lipinski definition) is 10. The van der Waals surface area contributed by atoms with Gasteiger partial charge in [0.15, 0.2) is 11.6 Å². The second kappa shape index (κ2) is 13.5. The number of carbonyl (C=O) groups excluding carboxylic acids is 1. The average molecular weight is 709 g/mol. The van der Waals surface area contributed by atoms with Crippen molar-refractivity contribution in [3.63, 3.8) is 0 Å². The molecule has 0 spiro atoms. The van der Waals surface area contributed by atoms with Crippen LogP contribution in [0.15, 0.2) is 54.7 Å². The maximum absolute atomic E-state index is 16.8. The Bertz CT molecular complexity index is 2240. The van der Waals surface area contributed by atoms with E-state index >= 15 is 8.78 Å². The molecular weight excluding hydrogens is 673 g/mol. The molecule has 1 amide bonds. The summed E-state index contributed by atoms with van der Waals surface area (Å²) in [5, 5.41) is 17.9. The summed E-state index contributed by atoms with van der Waals surface area (Å²) >= 11 is 0. The fourth-order valence-corrected chi connectivity index (χ4v) is 7.91. The number of halogens is 3. The van der Waals surface area contributed by atoms with Gasteiger partial charge in [-0.05, 0) is 56.1 Å². The zero-order valence-electron chi connectivity index (χ0n) is 28.4. The van der Waals surface area contributed by atoms with Gasteiger partial charge in [-0.2, -0.15) is 20.3 Å². The first-order valence-electron chi connectivity index (χ1n) is 17.3. The summed E-state index contributed by atoms with van der Waals surface area (Å²) in [5.74, 6) is -2.23. The van der Waals surface area contributed by atoms with Crippen LogP contribution in [0.25, 0.3) is 39.1 Å². The molecule has 3 fully saturated rings. The molecule has 1 aromatic carbocycles. The second-order valence-corrected chi connectivity index (χ2v) is 13.7. The topological polar surface area (TPSA) is 140 Å². The molecule has 5 aromatic rings. The summed E-state index contributed by atoms with van der Waals surface area (Å²) in [6, 6.07) is 9.97.